The summed E-state index contributed by atoms with van der Waals surface area (Å²) in [5.41, 5.74) is -0.398. The quantitative estimate of drug-likeness (QED) is 0.766. The van der Waals surface area contributed by atoms with E-state index in [4.69, 9.17) is 4.74 Å². The average molecular weight is 253 g/mol. The number of carbonyl (C=O) groups is 1. The average Bonchev–Trinajstić information content (AvgIpc) is 3.19. The highest BCUT2D eigenvalue weighted by molar-refractivity contribution is 5.81. The number of methoxy groups -OCH3 is 1. The Morgan fingerprint density at radius 1 is 1.39 bits per heavy atom. The van der Waals surface area contributed by atoms with E-state index in [-0.39, 0.29) is 5.97 Å². The van der Waals surface area contributed by atoms with E-state index >= 15 is 0 Å². The first-order chi connectivity index (χ1) is 8.57. The van der Waals surface area contributed by atoms with Crippen LogP contribution in [-0.2, 0) is 9.53 Å². The molecule has 2 aliphatic rings. The third kappa shape index (κ3) is 3.05. The third-order valence-corrected chi connectivity index (χ3v) is 4.73. The molecule has 18 heavy (non-hydrogen) atoms. The molecule has 2 saturated carbocycles. The minimum atomic E-state index is -0.398. The van der Waals surface area contributed by atoms with Gasteiger partial charge in [0.1, 0.15) is 5.54 Å². The van der Waals surface area contributed by atoms with Crippen LogP contribution in [0.15, 0.2) is 0 Å². The lowest BCUT2D eigenvalue weighted by Crippen LogP contribution is -2.56. The molecule has 2 fully saturated rings. The van der Waals surface area contributed by atoms with Gasteiger partial charge in [0.25, 0.3) is 0 Å². The number of hydrogen-bond donors (Lipinski definition) is 1. The molecule has 0 aromatic carbocycles. The van der Waals surface area contributed by atoms with Crippen molar-refractivity contribution in [2.75, 3.05) is 13.7 Å². The summed E-state index contributed by atoms with van der Waals surface area (Å²) in [6.45, 7) is 5.51. The Morgan fingerprint density at radius 2 is 2.11 bits per heavy atom. The molecule has 0 radical (unpaired) electrons. The van der Waals surface area contributed by atoms with Crippen molar-refractivity contribution in [2.24, 2.45) is 17.8 Å². The van der Waals surface area contributed by atoms with Gasteiger partial charge in [0, 0.05) is 0 Å². The number of ether oxygens (including phenoxy) is 1. The minimum Gasteiger partial charge on any atom is -0.468 e. The molecule has 0 bridgehead atoms. The van der Waals surface area contributed by atoms with E-state index in [1.165, 1.54) is 26.4 Å². The molecule has 2 unspecified atom stereocenters. The van der Waals surface area contributed by atoms with E-state index < -0.39 is 5.54 Å². The van der Waals surface area contributed by atoms with Crippen LogP contribution in [0.4, 0.5) is 0 Å². The van der Waals surface area contributed by atoms with Crippen molar-refractivity contribution < 1.29 is 9.53 Å². The number of rotatable bonds is 5. The maximum atomic E-state index is 12.2. The Morgan fingerprint density at radius 3 is 2.67 bits per heavy atom. The lowest BCUT2D eigenvalue weighted by Gasteiger charge is -2.41. The molecule has 0 spiro atoms. The van der Waals surface area contributed by atoms with Crippen molar-refractivity contribution in [2.45, 2.75) is 57.9 Å². The van der Waals surface area contributed by atoms with Gasteiger partial charge in [0.05, 0.1) is 7.11 Å². The van der Waals surface area contributed by atoms with E-state index in [0.29, 0.717) is 11.8 Å². The van der Waals surface area contributed by atoms with Crippen molar-refractivity contribution in [3.05, 3.63) is 0 Å². The molecular formula is C15H27NO2. The molecule has 0 heterocycles. The fourth-order valence-corrected chi connectivity index (χ4v) is 3.16. The van der Waals surface area contributed by atoms with Crippen LogP contribution >= 0.6 is 0 Å². The maximum Gasteiger partial charge on any atom is 0.326 e. The zero-order chi connectivity index (χ0) is 13.2. The van der Waals surface area contributed by atoms with Crippen LogP contribution in [0.25, 0.3) is 0 Å². The molecular weight excluding hydrogens is 226 g/mol. The van der Waals surface area contributed by atoms with Crippen LogP contribution in [-0.4, -0.2) is 25.2 Å². The Hall–Kier alpha value is -0.570. The Labute approximate surface area is 111 Å². The predicted octanol–water partition coefficient (Wildman–Crippen LogP) is 2.74. The Balaban J connectivity index is 2.04. The van der Waals surface area contributed by atoms with Gasteiger partial charge in [-0.05, 0) is 50.0 Å². The summed E-state index contributed by atoms with van der Waals surface area (Å²) in [6.07, 6.45) is 6.91. The summed E-state index contributed by atoms with van der Waals surface area (Å²) in [7, 11) is 1.52. The van der Waals surface area contributed by atoms with Crippen molar-refractivity contribution in [3.63, 3.8) is 0 Å². The van der Waals surface area contributed by atoms with Crippen LogP contribution in [0.5, 0.6) is 0 Å². The summed E-state index contributed by atoms with van der Waals surface area (Å²) in [5.74, 6) is 2.04. The van der Waals surface area contributed by atoms with Crippen LogP contribution in [0.1, 0.15) is 52.4 Å². The topological polar surface area (TPSA) is 38.3 Å². The maximum absolute atomic E-state index is 12.2. The number of hydrogen-bond acceptors (Lipinski definition) is 3. The number of carbonyl (C=O) groups excluding carboxylic acids is 1. The highest BCUT2D eigenvalue weighted by Crippen LogP contribution is 2.38. The standard InChI is InChI=1S/C15H27NO2/c1-11(2)13-5-4-8-15(9-13,14(17)18-3)16-10-12-6-7-12/h11-13,16H,4-10H2,1-3H3. The van der Waals surface area contributed by atoms with Gasteiger partial charge in [-0.25, -0.2) is 0 Å². The van der Waals surface area contributed by atoms with Crippen molar-refractivity contribution in [1.29, 1.82) is 0 Å². The second-order valence-corrected chi connectivity index (χ2v) is 6.50. The number of nitrogens with one attached hydrogen (secondary N) is 1. The smallest absolute Gasteiger partial charge is 0.326 e. The zero-order valence-electron chi connectivity index (χ0n) is 12.0. The molecule has 2 rings (SSSR count). The molecule has 2 atom stereocenters. The fraction of sp³-hybridized carbons (Fsp3) is 0.933. The first-order valence-corrected chi connectivity index (χ1v) is 7.41. The second kappa shape index (κ2) is 5.60. The number of esters is 1. The SMILES string of the molecule is COC(=O)C1(NCC2CC2)CCCC(C(C)C)C1. The lowest BCUT2D eigenvalue weighted by atomic mass is 9.71. The molecule has 0 amide bonds. The lowest BCUT2D eigenvalue weighted by molar-refractivity contribution is -0.151. The normalized spacial score (nSPS) is 32.6. The van der Waals surface area contributed by atoms with Gasteiger partial charge >= 0.3 is 5.97 Å². The summed E-state index contributed by atoms with van der Waals surface area (Å²) in [5, 5.41) is 3.56. The summed E-state index contributed by atoms with van der Waals surface area (Å²) in [6, 6.07) is 0. The highest BCUT2D eigenvalue weighted by atomic mass is 16.5. The van der Waals surface area contributed by atoms with Crippen LogP contribution in [0.3, 0.4) is 0 Å². The van der Waals surface area contributed by atoms with E-state index in [1.54, 1.807) is 0 Å². The molecule has 2 aliphatic carbocycles. The second-order valence-electron chi connectivity index (χ2n) is 6.50. The third-order valence-electron chi connectivity index (χ3n) is 4.73. The Bertz CT molecular complexity index is 299. The van der Waals surface area contributed by atoms with Crippen molar-refractivity contribution in [3.8, 4) is 0 Å². The molecule has 0 aromatic rings. The first kappa shape index (κ1) is 13.9. The van der Waals surface area contributed by atoms with Gasteiger partial charge in [-0.15, -0.1) is 0 Å². The summed E-state index contributed by atoms with van der Waals surface area (Å²) in [4.78, 5) is 12.2. The van der Waals surface area contributed by atoms with Gasteiger partial charge in [0.2, 0.25) is 0 Å². The molecule has 3 nitrogen and oxygen atoms in total. The van der Waals surface area contributed by atoms with Crippen LogP contribution in [0.2, 0.25) is 0 Å². The zero-order valence-corrected chi connectivity index (χ0v) is 12.0. The summed E-state index contributed by atoms with van der Waals surface area (Å²) >= 11 is 0. The van der Waals surface area contributed by atoms with Gasteiger partial charge < -0.3 is 10.1 Å². The van der Waals surface area contributed by atoms with Crippen LogP contribution < -0.4 is 5.32 Å². The van der Waals surface area contributed by atoms with E-state index in [2.05, 4.69) is 19.2 Å². The van der Waals surface area contributed by atoms with Crippen molar-refractivity contribution >= 4 is 5.97 Å². The molecule has 1 N–H and O–H groups in total. The molecule has 0 saturated heterocycles. The first-order valence-electron chi connectivity index (χ1n) is 7.41. The fourth-order valence-electron chi connectivity index (χ4n) is 3.16. The summed E-state index contributed by atoms with van der Waals surface area (Å²) < 4.78 is 5.07. The molecule has 3 heteroatoms. The Kier molecular flexibility index (Phi) is 4.31. The molecule has 0 aliphatic heterocycles. The minimum absolute atomic E-state index is 0.0477. The van der Waals surface area contributed by atoms with E-state index in [0.717, 1.165) is 31.7 Å². The highest BCUT2D eigenvalue weighted by Gasteiger charge is 2.44. The van der Waals surface area contributed by atoms with E-state index in [1.807, 2.05) is 0 Å². The monoisotopic (exact) mass is 253 g/mol. The van der Waals surface area contributed by atoms with Gasteiger partial charge in [-0.3, -0.25) is 4.79 Å². The van der Waals surface area contributed by atoms with Gasteiger partial charge in [0.15, 0.2) is 0 Å². The molecule has 104 valence electrons. The van der Waals surface area contributed by atoms with E-state index in [9.17, 15) is 4.79 Å². The van der Waals surface area contributed by atoms with Crippen molar-refractivity contribution in [1.82, 2.24) is 5.32 Å². The molecule has 0 aromatic heterocycles. The van der Waals surface area contributed by atoms with Gasteiger partial charge in [-0.1, -0.05) is 26.7 Å². The predicted molar refractivity (Wildman–Crippen MR) is 72.3 cm³/mol. The largest absolute Gasteiger partial charge is 0.468 e. The van der Waals surface area contributed by atoms with Crippen LogP contribution in [0, 0.1) is 17.8 Å². The van der Waals surface area contributed by atoms with Gasteiger partial charge in [-0.2, -0.15) is 0 Å².